The summed E-state index contributed by atoms with van der Waals surface area (Å²) in [6, 6.07) is 71.9. The molecule has 3 heteroatoms. The van der Waals surface area contributed by atoms with Crippen molar-refractivity contribution >= 4 is 33.7 Å². The van der Waals surface area contributed by atoms with E-state index >= 15 is 0 Å². The monoisotopic (exact) mass is 749 g/mol. The topological polar surface area (TPSA) is 38.7 Å². The van der Waals surface area contributed by atoms with Gasteiger partial charge in [-0.2, -0.15) is 0 Å². The third kappa shape index (κ3) is 5.05. The van der Waals surface area contributed by atoms with E-state index < -0.39 is 5.41 Å². The zero-order chi connectivity index (χ0) is 38.9. The zero-order valence-electron chi connectivity index (χ0n) is 32.0. The average Bonchev–Trinajstić information content (AvgIpc) is 3.55. The molecule has 2 aliphatic rings. The SMILES string of the molecule is C1=Cc2ccc(-c3nc(-c4ccccc4)nc(-c4cccc(-c5ccccc5)c4)n3)cc2C2(c3ccccc31)c1ccccc1-c1c2c2ccccc2c2ccccc12. The lowest BCUT2D eigenvalue weighted by atomic mass is 9.64. The largest absolute Gasteiger partial charge is 0.208 e. The summed E-state index contributed by atoms with van der Waals surface area (Å²) in [6.45, 7) is 0. The predicted molar refractivity (Wildman–Crippen MR) is 243 cm³/mol. The van der Waals surface area contributed by atoms with Gasteiger partial charge in [-0.25, -0.2) is 15.0 Å². The molecule has 0 saturated carbocycles. The van der Waals surface area contributed by atoms with Crippen LogP contribution in [0.15, 0.2) is 200 Å². The molecular weight excluding hydrogens is 715 g/mol. The van der Waals surface area contributed by atoms with Crippen LogP contribution in [-0.2, 0) is 5.41 Å². The minimum atomic E-state index is -0.650. The predicted octanol–water partition coefficient (Wildman–Crippen LogP) is 13.7. The summed E-state index contributed by atoms with van der Waals surface area (Å²) in [6.07, 6.45) is 4.58. The number of rotatable bonds is 4. The lowest BCUT2D eigenvalue weighted by Crippen LogP contribution is -2.30. The Morgan fingerprint density at radius 1 is 0.305 bits per heavy atom. The Bertz CT molecular complexity index is 3330. The van der Waals surface area contributed by atoms with E-state index in [1.807, 2.05) is 24.3 Å². The highest BCUT2D eigenvalue weighted by atomic mass is 15.0. The summed E-state index contributed by atoms with van der Waals surface area (Å²) in [5, 5.41) is 5.06. The first kappa shape index (κ1) is 33.4. The van der Waals surface area contributed by atoms with Crippen molar-refractivity contribution in [2.75, 3.05) is 0 Å². The van der Waals surface area contributed by atoms with Gasteiger partial charge in [-0.3, -0.25) is 0 Å². The first-order valence-electron chi connectivity index (χ1n) is 20.2. The van der Waals surface area contributed by atoms with Crippen molar-refractivity contribution in [1.82, 2.24) is 15.0 Å². The van der Waals surface area contributed by atoms with E-state index in [1.165, 1.54) is 60.5 Å². The molecule has 0 amide bonds. The molecule has 0 saturated heterocycles. The molecule has 10 aromatic rings. The Kier molecular flexibility index (Phi) is 7.45. The van der Waals surface area contributed by atoms with E-state index in [1.54, 1.807) is 0 Å². The van der Waals surface area contributed by atoms with Gasteiger partial charge < -0.3 is 0 Å². The van der Waals surface area contributed by atoms with E-state index in [0.29, 0.717) is 17.5 Å². The molecule has 0 radical (unpaired) electrons. The maximum absolute atomic E-state index is 5.31. The van der Waals surface area contributed by atoms with Crippen LogP contribution in [0.3, 0.4) is 0 Å². The number of fused-ring (bicyclic) bond motifs is 14. The fraction of sp³-hybridized carbons (Fsp3) is 0.0179. The normalized spacial score (nSPS) is 14.8. The van der Waals surface area contributed by atoms with Crippen LogP contribution in [0.25, 0.3) is 90.1 Å². The Hall–Kier alpha value is -7.75. The standard InChI is InChI=1S/C56H35N3/c1-3-16-36(17-4-1)40-21-15-22-41(34-40)54-57-53(39-19-5-2-6-20-39)58-55(59-54)42-33-32-38-31-30-37-18-7-13-28-48(37)56(50(38)35-42)49-29-14-12-27-47(49)51-45-25-10-8-23-43(45)44-24-9-11-26-46(44)52(51)56/h1-35H. The Labute approximate surface area is 342 Å². The van der Waals surface area contributed by atoms with E-state index in [0.717, 1.165) is 33.4 Å². The minimum Gasteiger partial charge on any atom is -0.208 e. The molecule has 1 unspecified atom stereocenters. The van der Waals surface area contributed by atoms with Crippen LogP contribution >= 0.6 is 0 Å². The fourth-order valence-electron chi connectivity index (χ4n) is 9.83. The summed E-state index contributed by atoms with van der Waals surface area (Å²) in [4.78, 5) is 15.7. The summed E-state index contributed by atoms with van der Waals surface area (Å²) in [5.74, 6) is 1.91. The maximum atomic E-state index is 5.31. The first-order chi connectivity index (χ1) is 29.3. The van der Waals surface area contributed by atoms with E-state index in [-0.39, 0.29) is 0 Å². The van der Waals surface area contributed by atoms with Crippen molar-refractivity contribution in [3.63, 3.8) is 0 Å². The molecule has 274 valence electrons. The Morgan fingerprint density at radius 2 is 0.814 bits per heavy atom. The van der Waals surface area contributed by atoms with Gasteiger partial charge >= 0.3 is 0 Å². The van der Waals surface area contributed by atoms with Crippen molar-refractivity contribution in [3.8, 4) is 56.4 Å². The van der Waals surface area contributed by atoms with Crippen molar-refractivity contribution in [1.29, 1.82) is 0 Å². The summed E-state index contributed by atoms with van der Waals surface area (Å²) in [5.41, 5.74) is 14.4. The molecule has 1 aromatic heterocycles. The number of hydrogen-bond donors (Lipinski definition) is 0. The van der Waals surface area contributed by atoms with Gasteiger partial charge in [0.05, 0.1) is 5.41 Å². The van der Waals surface area contributed by atoms with Crippen LogP contribution in [0.4, 0.5) is 0 Å². The molecule has 1 atom stereocenters. The van der Waals surface area contributed by atoms with Crippen molar-refractivity contribution < 1.29 is 0 Å². The Balaban J connectivity index is 1.16. The van der Waals surface area contributed by atoms with Gasteiger partial charge in [0.15, 0.2) is 17.5 Å². The fourth-order valence-corrected chi connectivity index (χ4v) is 9.83. The number of aromatic nitrogens is 3. The molecule has 9 aromatic carbocycles. The highest BCUT2D eigenvalue weighted by Gasteiger charge is 2.50. The van der Waals surface area contributed by atoms with Crippen LogP contribution in [0.5, 0.6) is 0 Å². The summed E-state index contributed by atoms with van der Waals surface area (Å²) >= 11 is 0. The zero-order valence-corrected chi connectivity index (χ0v) is 32.0. The first-order valence-corrected chi connectivity index (χ1v) is 20.2. The maximum Gasteiger partial charge on any atom is 0.164 e. The lowest BCUT2D eigenvalue weighted by molar-refractivity contribution is 0.773. The third-order valence-electron chi connectivity index (χ3n) is 12.3. The molecule has 2 aliphatic carbocycles. The van der Waals surface area contributed by atoms with E-state index in [4.69, 9.17) is 15.0 Å². The molecular formula is C56H35N3. The van der Waals surface area contributed by atoms with Crippen molar-refractivity contribution in [3.05, 3.63) is 234 Å². The van der Waals surface area contributed by atoms with Gasteiger partial charge in [0.1, 0.15) is 0 Å². The molecule has 59 heavy (non-hydrogen) atoms. The molecule has 3 nitrogen and oxygen atoms in total. The number of benzene rings is 9. The quantitative estimate of drug-likeness (QED) is 0.168. The van der Waals surface area contributed by atoms with Gasteiger partial charge in [0.25, 0.3) is 0 Å². The van der Waals surface area contributed by atoms with Gasteiger partial charge in [-0.15, -0.1) is 0 Å². The molecule has 1 heterocycles. The van der Waals surface area contributed by atoms with Gasteiger partial charge in [-0.05, 0) is 89.3 Å². The number of hydrogen-bond acceptors (Lipinski definition) is 3. The molecule has 0 N–H and O–H groups in total. The highest BCUT2D eigenvalue weighted by Crippen LogP contribution is 2.62. The summed E-state index contributed by atoms with van der Waals surface area (Å²) in [7, 11) is 0. The van der Waals surface area contributed by atoms with Crippen LogP contribution in [0, 0.1) is 0 Å². The second-order valence-corrected chi connectivity index (χ2v) is 15.5. The van der Waals surface area contributed by atoms with E-state index in [9.17, 15) is 0 Å². The van der Waals surface area contributed by atoms with Crippen LogP contribution < -0.4 is 0 Å². The lowest BCUT2D eigenvalue weighted by Gasteiger charge is -2.36. The molecule has 0 bridgehead atoms. The van der Waals surface area contributed by atoms with Crippen LogP contribution in [0.2, 0.25) is 0 Å². The average molecular weight is 750 g/mol. The molecule has 0 aliphatic heterocycles. The van der Waals surface area contributed by atoms with Crippen LogP contribution in [-0.4, -0.2) is 15.0 Å². The second kappa shape index (κ2) is 13.2. The molecule has 0 fully saturated rings. The third-order valence-corrected chi connectivity index (χ3v) is 12.3. The number of nitrogens with zero attached hydrogens (tertiary/aromatic N) is 3. The minimum absolute atomic E-state index is 0.633. The van der Waals surface area contributed by atoms with Crippen molar-refractivity contribution in [2.45, 2.75) is 5.41 Å². The van der Waals surface area contributed by atoms with Gasteiger partial charge in [0.2, 0.25) is 0 Å². The molecule has 1 spiro atoms. The van der Waals surface area contributed by atoms with E-state index in [2.05, 4.69) is 188 Å². The van der Waals surface area contributed by atoms with Gasteiger partial charge in [0, 0.05) is 16.7 Å². The Morgan fingerprint density at radius 3 is 1.56 bits per heavy atom. The second-order valence-electron chi connectivity index (χ2n) is 15.5. The smallest absolute Gasteiger partial charge is 0.164 e. The van der Waals surface area contributed by atoms with Crippen molar-refractivity contribution in [2.24, 2.45) is 0 Å². The summed E-state index contributed by atoms with van der Waals surface area (Å²) < 4.78 is 0. The van der Waals surface area contributed by atoms with Gasteiger partial charge in [-0.1, -0.05) is 200 Å². The van der Waals surface area contributed by atoms with Crippen LogP contribution in [0.1, 0.15) is 33.4 Å². The highest BCUT2D eigenvalue weighted by molar-refractivity contribution is 6.19. The molecule has 12 rings (SSSR count).